The van der Waals surface area contributed by atoms with E-state index >= 15 is 0 Å². The van der Waals surface area contributed by atoms with Gasteiger partial charge in [-0.25, -0.2) is 0 Å². The van der Waals surface area contributed by atoms with Gasteiger partial charge in [-0.3, -0.25) is 9.78 Å². The summed E-state index contributed by atoms with van der Waals surface area (Å²) in [5.41, 5.74) is -2.21. The molecule has 1 aliphatic carbocycles. The Labute approximate surface area is 106 Å². The highest BCUT2D eigenvalue weighted by atomic mass is 35.5. The fourth-order valence-electron chi connectivity index (χ4n) is 2.07. The zero-order chi connectivity index (χ0) is 13.7. The van der Waals surface area contributed by atoms with E-state index in [1.807, 2.05) is 0 Å². The minimum Gasteiger partial charge on any atom is -0.481 e. The van der Waals surface area contributed by atoms with Crippen LogP contribution in [0.1, 0.15) is 24.6 Å². The predicted molar refractivity (Wildman–Crippen MR) is 57.3 cm³/mol. The van der Waals surface area contributed by atoms with Crippen LogP contribution in [0.5, 0.6) is 0 Å². The fourth-order valence-corrected chi connectivity index (χ4v) is 2.41. The smallest absolute Gasteiger partial charge is 0.417 e. The number of carboxylic acid groups (broad SMARTS) is 1. The Kier molecular flexibility index (Phi) is 2.81. The van der Waals surface area contributed by atoms with Crippen LogP contribution in [-0.4, -0.2) is 16.1 Å². The van der Waals surface area contributed by atoms with Gasteiger partial charge in [0.05, 0.1) is 16.3 Å². The first kappa shape index (κ1) is 13.1. The van der Waals surface area contributed by atoms with Crippen LogP contribution in [0.4, 0.5) is 13.2 Å². The molecule has 1 aromatic heterocycles. The number of nitrogens with zero attached hydrogens (tertiary/aromatic N) is 1. The summed E-state index contributed by atoms with van der Waals surface area (Å²) in [4.78, 5) is 14.8. The summed E-state index contributed by atoms with van der Waals surface area (Å²) >= 11 is 5.74. The van der Waals surface area contributed by atoms with Crippen molar-refractivity contribution in [1.29, 1.82) is 0 Å². The molecule has 7 heteroatoms. The second kappa shape index (κ2) is 3.85. The van der Waals surface area contributed by atoms with E-state index in [4.69, 9.17) is 16.7 Å². The number of pyridine rings is 1. The van der Waals surface area contributed by atoms with Gasteiger partial charge in [-0.1, -0.05) is 18.5 Å². The molecule has 2 atom stereocenters. The zero-order valence-electron chi connectivity index (χ0n) is 9.25. The van der Waals surface area contributed by atoms with E-state index in [0.29, 0.717) is 12.6 Å². The van der Waals surface area contributed by atoms with Gasteiger partial charge in [0.2, 0.25) is 0 Å². The van der Waals surface area contributed by atoms with E-state index in [0.717, 1.165) is 6.07 Å². The molecule has 2 rings (SSSR count). The first-order valence-electron chi connectivity index (χ1n) is 5.16. The van der Waals surface area contributed by atoms with E-state index < -0.39 is 23.1 Å². The number of rotatable bonds is 2. The van der Waals surface area contributed by atoms with Crippen molar-refractivity contribution in [1.82, 2.24) is 4.98 Å². The highest BCUT2D eigenvalue weighted by Crippen LogP contribution is 2.55. The monoisotopic (exact) mass is 279 g/mol. The predicted octanol–water partition coefficient (Wildman–Crippen LogP) is 3.12. The van der Waals surface area contributed by atoms with Gasteiger partial charge in [-0.2, -0.15) is 13.2 Å². The van der Waals surface area contributed by atoms with Gasteiger partial charge in [-0.05, 0) is 18.4 Å². The second-order valence-corrected chi connectivity index (χ2v) is 4.84. The Morgan fingerprint density at radius 2 is 2.17 bits per heavy atom. The van der Waals surface area contributed by atoms with Crippen molar-refractivity contribution < 1.29 is 23.1 Å². The van der Waals surface area contributed by atoms with Crippen molar-refractivity contribution in [2.45, 2.75) is 24.9 Å². The number of alkyl halides is 3. The van der Waals surface area contributed by atoms with Crippen LogP contribution in [-0.2, 0) is 16.4 Å². The highest BCUT2D eigenvalue weighted by molar-refractivity contribution is 6.31. The maximum absolute atomic E-state index is 12.4. The van der Waals surface area contributed by atoms with Crippen LogP contribution in [0, 0.1) is 5.92 Å². The molecule has 1 aromatic rings. The van der Waals surface area contributed by atoms with E-state index in [1.165, 1.54) is 0 Å². The van der Waals surface area contributed by atoms with Gasteiger partial charge in [0, 0.05) is 6.20 Å². The van der Waals surface area contributed by atoms with Crippen molar-refractivity contribution in [3.63, 3.8) is 0 Å². The molecular formula is C11H9ClF3NO2. The average molecular weight is 280 g/mol. The van der Waals surface area contributed by atoms with Crippen LogP contribution in [0.15, 0.2) is 12.3 Å². The molecule has 1 saturated carbocycles. The Balaban J connectivity index is 2.46. The summed E-state index contributed by atoms with van der Waals surface area (Å²) in [5.74, 6) is -1.29. The molecule has 0 amide bonds. The number of carboxylic acids is 1. The molecule has 0 bridgehead atoms. The topological polar surface area (TPSA) is 50.2 Å². The Hall–Kier alpha value is -1.30. The first-order valence-corrected chi connectivity index (χ1v) is 5.54. The lowest BCUT2D eigenvalue weighted by molar-refractivity contribution is -0.140. The molecule has 0 spiro atoms. The number of carbonyl (C=O) groups is 1. The number of hydrogen-bond donors (Lipinski definition) is 1. The lowest BCUT2D eigenvalue weighted by Gasteiger charge is -2.14. The molecule has 1 heterocycles. The number of halogens is 4. The molecule has 0 saturated heterocycles. The third kappa shape index (κ3) is 1.84. The summed E-state index contributed by atoms with van der Waals surface area (Å²) in [7, 11) is 0. The van der Waals surface area contributed by atoms with Crippen LogP contribution >= 0.6 is 11.6 Å². The van der Waals surface area contributed by atoms with Gasteiger partial charge in [0.15, 0.2) is 0 Å². The van der Waals surface area contributed by atoms with Crippen LogP contribution in [0.2, 0.25) is 5.02 Å². The normalized spacial score (nSPS) is 27.1. The van der Waals surface area contributed by atoms with E-state index in [2.05, 4.69) is 4.98 Å². The van der Waals surface area contributed by atoms with Crippen LogP contribution in [0.25, 0.3) is 0 Å². The number of aromatic nitrogens is 1. The third-order valence-electron chi connectivity index (χ3n) is 3.28. The van der Waals surface area contributed by atoms with E-state index in [-0.39, 0.29) is 16.6 Å². The maximum atomic E-state index is 12.4. The molecule has 0 aromatic carbocycles. The summed E-state index contributed by atoms with van der Waals surface area (Å²) < 4.78 is 37.3. The van der Waals surface area contributed by atoms with Gasteiger partial charge >= 0.3 is 12.1 Å². The van der Waals surface area contributed by atoms with Crippen molar-refractivity contribution in [2.75, 3.05) is 0 Å². The Morgan fingerprint density at radius 1 is 1.61 bits per heavy atom. The van der Waals surface area contributed by atoms with Crippen molar-refractivity contribution >= 4 is 17.6 Å². The largest absolute Gasteiger partial charge is 0.481 e. The Bertz CT molecular complexity index is 518. The third-order valence-corrected chi connectivity index (χ3v) is 3.57. The second-order valence-electron chi connectivity index (χ2n) is 4.43. The molecule has 0 aliphatic heterocycles. The first-order chi connectivity index (χ1) is 8.19. The molecule has 3 nitrogen and oxygen atoms in total. The summed E-state index contributed by atoms with van der Waals surface area (Å²) in [6, 6.07) is 0.722. The lowest BCUT2D eigenvalue weighted by atomic mass is 9.98. The van der Waals surface area contributed by atoms with Crippen molar-refractivity contribution in [3.8, 4) is 0 Å². The molecule has 98 valence electrons. The quantitative estimate of drug-likeness (QED) is 0.905. The molecule has 1 aliphatic rings. The standard InChI is InChI=1S/C11H9ClF3NO2/c1-5-3-10(5,9(17)18)8-7(12)2-6(4-16-8)11(13,14)15/h2,4-5H,3H2,1H3,(H,17,18). The minimum absolute atomic E-state index is 0.0113. The van der Waals surface area contributed by atoms with E-state index in [9.17, 15) is 18.0 Å². The maximum Gasteiger partial charge on any atom is 0.417 e. The number of hydrogen-bond acceptors (Lipinski definition) is 2. The van der Waals surface area contributed by atoms with Crippen LogP contribution in [0.3, 0.4) is 0 Å². The molecule has 1 fully saturated rings. The Morgan fingerprint density at radius 3 is 2.50 bits per heavy atom. The molecule has 1 N–H and O–H groups in total. The van der Waals surface area contributed by atoms with Gasteiger partial charge in [0.1, 0.15) is 5.41 Å². The number of aliphatic carboxylic acids is 1. The fraction of sp³-hybridized carbons (Fsp3) is 0.455. The van der Waals surface area contributed by atoms with Crippen molar-refractivity contribution in [3.05, 3.63) is 28.5 Å². The average Bonchev–Trinajstić information content (AvgIpc) is 2.89. The molecule has 18 heavy (non-hydrogen) atoms. The summed E-state index contributed by atoms with van der Waals surface area (Å²) in [5, 5.41) is 8.91. The summed E-state index contributed by atoms with van der Waals surface area (Å²) in [6.07, 6.45) is -3.59. The lowest BCUT2D eigenvalue weighted by Crippen LogP contribution is -2.24. The van der Waals surface area contributed by atoms with E-state index in [1.54, 1.807) is 6.92 Å². The SMILES string of the molecule is CC1CC1(C(=O)O)c1ncc(C(F)(F)F)cc1Cl. The highest BCUT2D eigenvalue weighted by Gasteiger charge is 2.61. The minimum atomic E-state index is -4.54. The molecule has 2 unspecified atom stereocenters. The zero-order valence-corrected chi connectivity index (χ0v) is 10.0. The molecular weight excluding hydrogens is 271 g/mol. The summed E-state index contributed by atoms with van der Waals surface area (Å²) in [6.45, 7) is 1.70. The van der Waals surface area contributed by atoms with Gasteiger partial charge in [0.25, 0.3) is 0 Å². The van der Waals surface area contributed by atoms with Gasteiger partial charge in [-0.15, -0.1) is 0 Å². The van der Waals surface area contributed by atoms with Crippen molar-refractivity contribution in [2.24, 2.45) is 5.92 Å². The molecule has 0 radical (unpaired) electrons. The van der Waals surface area contributed by atoms with Crippen LogP contribution < -0.4 is 0 Å². The van der Waals surface area contributed by atoms with Gasteiger partial charge < -0.3 is 5.11 Å².